The molecule has 6 heteroatoms. The van der Waals surface area contributed by atoms with Crippen molar-refractivity contribution in [2.24, 2.45) is 0 Å². The topological polar surface area (TPSA) is 73.4 Å². The van der Waals surface area contributed by atoms with Gasteiger partial charge in [0.2, 0.25) is 0 Å². The molecule has 0 amide bonds. The minimum atomic E-state index is -0.386. The molecule has 1 aliphatic rings. The van der Waals surface area contributed by atoms with E-state index in [1.54, 1.807) is 13.3 Å². The Hall–Kier alpha value is -2.08. The molecule has 1 aromatic carbocycles. The second-order valence-electron chi connectivity index (χ2n) is 5.07. The first kappa shape index (κ1) is 13.9. The number of aromatic amines is 1. The van der Waals surface area contributed by atoms with Gasteiger partial charge in [-0.15, -0.1) is 0 Å². The highest BCUT2D eigenvalue weighted by Crippen LogP contribution is 2.39. The molecule has 2 heterocycles. The lowest BCUT2D eigenvalue weighted by Crippen LogP contribution is -2.16. The lowest BCUT2D eigenvalue weighted by molar-refractivity contribution is 0.0602. The number of rotatable bonds is 3. The summed E-state index contributed by atoms with van der Waals surface area (Å²) < 4.78 is 15.9. The molecule has 1 aliphatic heterocycles. The van der Waals surface area contributed by atoms with Gasteiger partial charge < -0.3 is 14.2 Å². The van der Waals surface area contributed by atoms with E-state index in [4.69, 9.17) is 14.2 Å². The van der Waals surface area contributed by atoms with E-state index in [0.29, 0.717) is 17.0 Å². The molecular weight excluding hydrogens is 272 g/mol. The van der Waals surface area contributed by atoms with Gasteiger partial charge in [0.25, 0.3) is 0 Å². The van der Waals surface area contributed by atoms with Crippen LogP contribution in [0.25, 0.3) is 10.9 Å². The predicted molar refractivity (Wildman–Crippen MR) is 76.8 cm³/mol. The maximum absolute atomic E-state index is 12.0. The average molecular weight is 290 g/mol. The van der Waals surface area contributed by atoms with E-state index >= 15 is 0 Å². The van der Waals surface area contributed by atoms with Crippen LogP contribution in [-0.2, 0) is 9.47 Å². The Morgan fingerprint density at radius 2 is 2.14 bits per heavy atom. The highest BCUT2D eigenvalue weighted by molar-refractivity contribution is 6.05. The second kappa shape index (κ2) is 5.73. The standard InChI is InChI=1S/C15H18N2O4/c1-19-14-10(9-3-5-21-6-4-9)7-11(15(18)20-2)13-12(14)8-16-17-13/h7-9H,3-6H2,1-2H3,(H,16,17). The lowest BCUT2D eigenvalue weighted by Gasteiger charge is -2.24. The van der Waals surface area contributed by atoms with E-state index in [1.807, 2.05) is 6.07 Å². The van der Waals surface area contributed by atoms with Crippen molar-refractivity contribution < 1.29 is 19.0 Å². The number of hydrogen-bond donors (Lipinski definition) is 1. The number of benzene rings is 1. The molecule has 1 aromatic heterocycles. The summed E-state index contributed by atoms with van der Waals surface area (Å²) in [6.45, 7) is 1.45. The van der Waals surface area contributed by atoms with Crippen LogP contribution >= 0.6 is 0 Å². The van der Waals surface area contributed by atoms with Crippen LogP contribution < -0.4 is 4.74 Å². The Morgan fingerprint density at radius 1 is 1.38 bits per heavy atom. The zero-order valence-electron chi connectivity index (χ0n) is 12.1. The fraction of sp³-hybridized carbons (Fsp3) is 0.467. The molecule has 112 valence electrons. The Kier molecular flexibility index (Phi) is 3.79. The van der Waals surface area contributed by atoms with Crippen molar-refractivity contribution in [3.05, 3.63) is 23.4 Å². The minimum Gasteiger partial charge on any atom is -0.496 e. The summed E-state index contributed by atoms with van der Waals surface area (Å²) in [5, 5.41) is 7.76. The number of esters is 1. The third-order valence-electron chi connectivity index (χ3n) is 3.97. The van der Waals surface area contributed by atoms with Crippen LogP contribution in [0.4, 0.5) is 0 Å². The van der Waals surface area contributed by atoms with Crippen LogP contribution in [0.1, 0.15) is 34.7 Å². The summed E-state index contributed by atoms with van der Waals surface area (Å²) in [4.78, 5) is 12.0. The first-order chi connectivity index (χ1) is 10.3. The van der Waals surface area contributed by atoms with E-state index in [-0.39, 0.29) is 5.97 Å². The maximum Gasteiger partial charge on any atom is 0.340 e. The number of methoxy groups -OCH3 is 2. The van der Waals surface area contributed by atoms with Crippen molar-refractivity contribution in [3.63, 3.8) is 0 Å². The highest BCUT2D eigenvalue weighted by Gasteiger charge is 2.25. The van der Waals surface area contributed by atoms with Gasteiger partial charge in [-0.2, -0.15) is 5.10 Å². The molecule has 1 N–H and O–H groups in total. The highest BCUT2D eigenvalue weighted by atomic mass is 16.5. The van der Waals surface area contributed by atoms with Crippen molar-refractivity contribution in [2.45, 2.75) is 18.8 Å². The molecule has 0 aliphatic carbocycles. The Bertz CT molecular complexity index is 659. The lowest BCUT2D eigenvalue weighted by atomic mass is 9.88. The number of nitrogens with one attached hydrogen (secondary N) is 1. The normalized spacial score (nSPS) is 16.1. The van der Waals surface area contributed by atoms with Crippen molar-refractivity contribution in [1.29, 1.82) is 0 Å². The fourth-order valence-electron chi connectivity index (χ4n) is 2.92. The van der Waals surface area contributed by atoms with Gasteiger partial charge in [0.05, 0.1) is 25.2 Å². The van der Waals surface area contributed by atoms with Gasteiger partial charge in [-0.1, -0.05) is 0 Å². The van der Waals surface area contributed by atoms with Crippen LogP contribution in [0.5, 0.6) is 5.75 Å². The van der Waals surface area contributed by atoms with Gasteiger partial charge >= 0.3 is 5.97 Å². The Morgan fingerprint density at radius 3 is 2.81 bits per heavy atom. The Balaban J connectivity index is 2.19. The largest absolute Gasteiger partial charge is 0.496 e. The number of nitrogens with zero attached hydrogens (tertiary/aromatic N) is 1. The van der Waals surface area contributed by atoms with Crippen LogP contribution in [0.15, 0.2) is 12.3 Å². The third-order valence-corrected chi connectivity index (χ3v) is 3.97. The molecule has 3 rings (SSSR count). The van der Waals surface area contributed by atoms with E-state index in [0.717, 1.165) is 42.8 Å². The van der Waals surface area contributed by atoms with Gasteiger partial charge in [0.15, 0.2) is 0 Å². The van der Waals surface area contributed by atoms with Crippen LogP contribution in [0, 0.1) is 0 Å². The number of aromatic nitrogens is 2. The molecule has 1 saturated heterocycles. The second-order valence-corrected chi connectivity index (χ2v) is 5.07. The van der Waals surface area contributed by atoms with Gasteiger partial charge in [-0.05, 0) is 30.4 Å². The monoisotopic (exact) mass is 290 g/mol. The first-order valence-electron chi connectivity index (χ1n) is 6.96. The van der Waals surface area contributed by atoms with Gasteiger partial charge in [-0.3, -0.25) is 5.10 Å². The number of ether oxygens (including phenoxy) is 3. The van der Waals surface area contributed by atoms with Gasteiger partial charge in [-0.25, -0.2) is 4.79 Å². The van der Waals surface area contributed by atoms with E-state index in [1.165, 1.54) is 7.11 Å². The molecule has 21 heavy (non-hydrogen) atoms. The van der Waals surface area contributed by atoms with Crippen LogP contribution in [0.2, 0.25) is 0 Å². The summed E-state index contributed by atoms with van der Waals surface area (Å²) in [6.07, 6.45) is 3.59. The molecule has 0 spiro atoms. The zero-order valence-corrected chi connectivity index (χ0v) is 12.1. The first-order valence-corrected chi connectivity index (χ1v) is 6.96. The minimum absolute atomic E-state index is 0.316. The molecule has 6 nitrogen and oxygen atoms in total. The molecule has 2 aromatic rings. The number of H-pyrrole nitrogens is 1. The van der Waals surface area contributed by atoms with Crippen molar-refractivity contribution in [3.8, 4) is 5.75 Å². The molecule has 0 atom stereocenters. The van der Waals surface area contributed by atoms with Crippen LogP contribution in [-0.4, -0.2) is 43.6 Å². The Labute approximate surface area is 122 Å². The van der Waals surface area contributed by atoms with Gasteiger partial charge in [0, 0.05) is 19.4 Å². The SMILES string of the molecule is COC(=O)c1cc(C2CCOCC2)c(OC)c2c[nH]nc12. The van der Waals surface area contributed by atoms with Crippen LogP contribution in [0.3, 0.4) is 0 Å². The zero-order chi connectivity index (χ0) is 14.8. The molecule has 0 saturated carbocycles. The maximum atomic E-state index is 12.0. The number of fused-ring (bicyclic) bond motifs is 1. The van der Waals surface area contributed by atoms with E-state index in [9.17, 15) is 4.79 Å². The van der Waals surface area contributed by atoms with E-state index < -0.39 is 0 Å². The summed E-state index contributed by atoms with van der Waals surface area (Å²) >= 11 is 0. The van der Waals surface area contributed by atoms with Crippen molar-refractivity contribution in [2.75, 3.05) is 27.4 Å². The number of hydrogen-bond acceptors (Lipinski definition) is 5. The third kappa shape index (κ3) is 2.35. The number of carbonyl (C=O) groups is 1. The summed E-state index contributed by atoms with van der Waals surface area (Å²) in [5.41, 5.74) is 2.07. The van der Waals surface area contributed by atoms with E-state index in [2.05, 4.69) is 10.2 Å². The summed E-state index contributed by atoms with van der Waals surface area (Å²) in [7, 11) is 3.02. The molecule has 1 fully saturated rings. The van der Waals surface area contributed by atoms with Crippen molar-refractivity contribution in [1.82, 2.24) is 10.2 Å². The smallest absolute Gasteiger partial charge is 0.340 e. The summed E-state index contributed by atoms with van der Waals surface area (Å²) in [5.74, 6) is 0.706. The molecule has 0 unspecified atom stereocenters. The predicted octanol–water partition coefficient (Wildman–Crippen LogP) is 2.25. The quantitative estimate of drug-likeness (QED) is 0.878. The van der Waals surface area contributed by atoms with Crippen molar-refractivity contribution >= 4 is 16.9 Å². The number of carbonyl (C=O) groups excluding carboxylic acids is 1. The van der Waals surface area contributed by atoms with Gasteiger partial charge in [0.1, 0.15) is 11.3 Å². The molecule has 0 radical (unpaired) electrons. The summed E-state index contributed by atoms with van der Waals surface area (Å²) in [6, 6.07) is 1.85. The average Bonchev–Trinajstić information content (AvgIpc) is 3.02. The molecule has 0 bridgehead atoms. The molecular formula is C15H18N2O4. The fourth-order valence-corrected chi connectivity index (χ4v) is 2.92.